The summed E-state index contributed by atoms with van der Waals surface area (Å²) in [6.07, 6.45) is 1.62. The summed E-state index contributed by atoms with van der Waals surface area (Å²) in [6.45, 7) is 16.2. The molecule has 4 rings (SSSR count). The van der Waals surface area contributed by atoms with Crippen molar-refractivity contribution in [2.75, 3.05) is 0 Å². The minimum Gasteiger partial charge on any atom is -0.393 e. The summed E-state index contributed by atoms with van der Waals surface area (Å²) < 4.78 is 0. The number of aromatic nitrogens is 2. The van der Waals surface area contributed by atoms with E-state index in [2.05, 4.69) is 76.2 Å². The molecule has 2 N–H and O–H groups in total. The van der Waals surface area contributed by atoms with Gasteiger partial charge in [-0.25, -0.2) is 0 Å². The molecular weight excluding hydrogens is 673 g/mol. The summed E-state index contributed by atoms with van der Waals surface area (Å²) in [7, 11) is 0. The van der Waals surface area contributed by atoms with Crippen LogP contribution in [0.3, 0.4) is 0 Å². The van der Waals surface area contributed by atoms with Crippen molar-refractivity contribution in [1.29, 1.82) is 0 Å². The summed E-state index contributed by atoms with van der Waals surface area (Å²) in [6, 6.07) is 24.5. The molecule has 0 saturated carbocycles. The first-order valence-corrected chi connectivity index (χ1v) is 13.8. The molecule has 2 atom stereocenters. The molecule has 2 unspecified atom stereocenters. The summed E-state index contributed by atoms with van der Waals surface area (Å²) >= 11 is 0. The van der Waals surface area contributed by atoms with Crippen LogP contribution >= 0.6 is 0 Å². The molecule has 0 amide bonds. The zero-order chi connectivity index (χ0) is 28.7. The normalized spacial score (nSPS) is 12.4. The Morgan fingerprint density at radius 3 is 1.77 bits per heavy atom. The van der Waals surface area contributed by atoms with Gasteiger partial charge in [-0.15, -0.1) is 34.9 Å². The van der Waals surface area contributed by atoms with E-state index < -0.39 is 0 Å². The molecule has 1 radical (unpaired) electrons. The predicted molar refractivity (Wildman–Crippen MR) is 162 cm³/mol. The van der Waals surface area contributed by atoms with Crippen molar-refractivity contribution in [3.05, 3.63) is 95.2 Å². The van der Waals surface area contributed by atoms with Gasteiger partial charge in [-0.3, -0.25) is 4.98 Å². The second-order valence-corrected chi connectivity index (χ2v) is 11.3. The van der Waals surface area contributed by atoms with Gasteiger partial charge in [0.05, 0.1) is 23.6 Å². The Labute approximate surface area is 254 Å². The molecule has 40 heavy (non-hydrogen) atoms. The molecule has 5 heteroatoms. The van der Waals surface area contributed by atoms with Crippen molar-refractivity contribution in [2.45, 2.75) is 74.0 Å². The predicted octanol–water partition coefficient (Wildman–Crippen LogP) is 7.92. The van der Waals surface area contributed by atoms with Gasteiger partial charge >= 0.3 is 0 Å². The van der Waals surface area contributed by atoms with E-state index in [1.54, 1.807) is 0 Å². The second-order valence-electron chi connectivity index (χ2n) is 11.3. The van der Waals surface area contributed by atoms with Crippen molar-refractivity contribution < 1.29 is 30.3 Å². The fraction of sp³-hybridized carbons (Fsp3) is 0.371. The maximum atomic E-state index is 9.39. The Bertz CT molecular complexity index is 1320. The van der Waals surface area contributed by atoms with E-state index in [0.717, 1.165) is 39.3 Å². The van der Waals surface area contributed by atoms with Crippen LogP contribution < -0.4 is 0 Å². The third-order valence-corrected chi connectivity index (χ3v) is 6.76. The monoisotopic (exact) mass is 716 g/mol. The number of aliphatic hydroxyl groups excluding tert-OH is 2. The molecule has 0 aliphatic rings. The number of benzene rings is 3. The third kappa shape index (κ3) is 9.45. The van der Waals surface area contributed by atoms with Crippen LogP contribution in [0.4, 0.5) is 0 Å². The van der Waals surface area contributed by atoms with Gasteiger partial charge in [0.25, 0.3) is 0 Å². The third-order valence-electron chi connectivity index (χ3n) is 6.76. The molecule has 215 valence electrons. The first kappa shape index (κ1) is 33.5. The first-order valence-electron chi connectivity index (χ1n) is 13.8. The van der Waals surface area contributed by atoms with Gasteiger partial charge in [0.15, 0.2) is 0 Å². The van der Waals surface area contributed by atoms with Crippen LogP contribution in [0.2, 0.25) is 0 Å². The molecule has 0 bridgehead atoms. The smallest absolute Gasteiger partial charge is 0.0873 e. The summed E-state index contributed by atoms with van der Waals surface area (Å²) in [5.41, 5.74) is 10.5. The average molecular weight is 716 g/mol. The molecule has 1 heterocycles. The molecule has 4 aromatic rings. The molecule has 1 aromatic heterocycles. The number of rotatable bonds is 7. The van der Waals surface area contributed by atoms with E-state index in [1.165, 1.54) is 16.7 Å². The number of aliphatic hydroxyl groups is 2. The number of hydrogen-bond acceptors (Lipinski definition) is 4. The van der Waals surface area contributed by atoms with Gasteiger partial charge in [-0.1, -0.05) is 101 Å². The fourth-order valence-electron chi connectivity index (χ4n) is 4.46. The first-order chi connectivity index (χ1) is 18.4. The molecule has 0 aliphatic carbocycles. The van der Waals surface area contributed by atoms with E-state index in [0.29, 0.717) is 6.42 Å². The zero-order valence-corrected chi connectivity index (χ0v) is 27.4. The van der Waals surface area contributed by atoms with Crippen LogP contribution in [0, 0.1) is 45.6 Å². The summed E-state index contributed by atoms with van der Waals surface area (Å²) in [5.74, 6) is 0.479. The molecule has 0 saturated heterocycles. The number of nitrogens with zero attached hydrogens (tertiary/aromatic N) is 2. The van der Waals surface area contributed by atoms with Crippen molar-refractivity contribution in [1.82, 2.24) is 9.97 Å². The van der Waals surface area contributed by atoms with Gasteiger partial charge in [-0.05, 0) is 37.7 Å². The molecule has 4 nitrogen and oxygen atoms in total. The molecule has 3 aromatic carbocycles. The maximum Gasteiger partial charge on any atom is 0.0873 e. The molecule has 0 aliphatic heterocycles. The maximum absolute atomic E-state index is 9.39. The van der Waals surface area contributed by atoms with Gasteiger partial charge in [0.2, 0.25) is 0 Å². The standard InChI is InChI=1S/C26H23N2.C9H20O2.Ir/c1-17-10-18(2)13-22(12-17)25-26(23-14-19(3)11-20(4)15-23)28-24(16-27-25)21-8-6-5-7-9-21;1-6(2)8(10)5-9(11)7(3)4;/h5-12,14-16H,1-4H3;6-11H,5H2,1-4H3;/q-1;;. The Balaban J connectivity index is 0.000000400. The van der Waals surface area contributed by atoms with Crippen LogP contribution in [-0.4, -0.2) is 32.4 Å². The minimum atomic E-state index is -0.368. The second kappa shape index (κ2) is 15.3. The number of aryl methyl sites for hydroxylation is 4. The van der Waals surface area contributed by atoms with E-state index in [1.807, 2.05) is 52.1 Å². The topological polar surface area (TPSA) is 66.2 Å². The largest absolute Gasteiger partial charge is 0.393 e. The van der Waals surface area contributed by atoms with E-state index in [9.17, 15) is 10.2 Å². The van der Waals surface area contributed by atoms with E-state index in [4.69, 9.17) is 9.97 Å². The van der Waals surface area contributed by atoms with Crippen molar-refractivity contribution in [3.63, 3.8) is 0 Å². The van der Waals surface area contributed by atoms with Crippen molar-refractivity contribution in [2.24, 2.45) is 11.8 Å². The van der Waals surface area contributed by atoms with Crippen LogP contribution in [0.1, 0.15) is 56.4 Å². The van der Waals surface area contributed by atoms with Gasteiger partial charge in [-0.2, -0.15) is 0 Å². The van der Waals surface area contributed by atoms with Gasteiger partial charge < -0.3 is 15.2 Å². The zero-order valence-electron chi connectivity index (χ0n) is 25.0. The van der Waals surface area contributed by atoms with Crippen LogP contribution in [0.5, 0.6) is 0 Å². The quantitative estimate of drug-likeness (QED) is 0.191. The van der Waals surface area contributed by atoms with E-state index in [-0.39, 0.29) is 44.1 Å². The Morgan fingerprint density at radius 2 is 1.25 bits per heavy atom. The molecule has 0 spiro atoms. The van der Waals surface area contributed by atoms with Crippen molar-refractivity contribution >= 4 is 0 Å². The summed E-state index contributed by atoms with van der Waals surface area (Å²) in [5, 5.41) is 18.8. The molecule has 0 fully saturated rings. The van der Waals surface area contributed by atoms with E-state index >= 15 is 0 Å². The van der Waals surface area contributed by atoms with Crippen LogP contribution in [0.15, 0.2) is 66.9 Å². The molecular formula is C35H43IrN2O2-. The van der Waals surface area contributed by atoms with Gasteiger partial charge in [0.1, 0.15) is 0 Å². The number of hydrogen-bond donors (Lipinski definition) is 2. The Kier molecular flexibility index (Phi) is 12.9. The SMILES string of the molecule is CC(C)C(O)CC(O)C(C)C.Cc1[c-]c(-c2ncc(-c3ccccc3)nc2-c2cc(C)cc(C)c2)cc(C)c1.[Ir]. The Morgan fingerprint density at radius 1 is 0.700 bits per heavy atom. The van der Waals surface area contributed by atoms with Crippen molar-refractivity contribution in [3.8, 4) is 33.8 Å². The Hall–Kier alpha value is -2.69. The van der Waals surface area contributed by atoms with Crippen LogP contribution in [-0.2, 0) is 20.1 Å². The minimum absolute atomic E-state index is 0. The van der Waals surface area contributed by atoms with Gasteiger partial charge in [0, 0.05) is 37.6 Å². The van der Waals surface area contributed by atoms with Crippen LogP contribution in [0.25, 0.3) is 33.8 Å². The average Bonchev–Trinajstić information content (AvgIpc) is 2.88. The fourth-order valence-corrected chi connectivity index (χ4v) is 4.46. The summed E-state index contributed by atoms with van der Waals surface area (Å²) in [4.78, 5) is 9.90.